The summed E-state index contributed by atoms with van der Waals surface area (Å²) in [5.74, 6) is -1.03. The monoisotopic (exact) mass is 813 g/mol. The second-order valence-corrected chi connectivity index (χ2v) is 14.2. The van der Waals surface area contributed by atoms with Gasteiger partial charge in [0, 0.05) is 63.4 Å². The smallest absolute Gasteiger partial charge is 0.409 e. The van der Waals surface area contributed by atoms with Crippen molar-refractivity contribution in [1.29, 1.82) is 0 Å². The molecule has 6 rings (SSSR count). The molecule has 56 heavy (non-hydrogen) atoms. The number of epoxide rings is 1. The van der Waals surface area contributed by atoms with Crippen LogP contribution in [0.4, 0.5) is 16.2 Å². The number of aromatic nitrogens is 1. The van der Waals surface area contributed by atoms with Crippen LogP contribution in [0, 0.1) is 0 Å². The normalized spacial score (nSPS) is 24.2. The average Bonchev–Trinajstić information content (AvgIpc) is 3.92. The number of carboxylic acid groups (broad SMARTS) is 1. The molecule has 16 heteroatoms. The van der Waals surface area contributed by atoms with E-state index in [1.165, 1.54) is 25.3 Å². The summed E-state index contributed by atoms with van der Waals surface area (Å²) in [4.78, 5) is 55.2. The number of methoxy groups -OCH3 is 1. The fourth-order valence-electron chi connectivity index (χ4n) is 6.48. The number of hydrogen-bond acceptors (Lipinski definition) is 10. The highest BCUT2D eigenvalue weighted by molar-refractivity contribution is 6.35. The minimum Gasteiger partial charge on any atom is -0.495 e. The van der Waals surface area contributed by atoms with Gasteiger partial charge in [0.2, 0.25) is 5.91 Å². The number of nitrogen functional groups attached to an aromatic ring is 1. The SMILES string of the molecule is CCl.COc1cc2cc(c1Cl)N(C)C(=O)CCC1OC1CC1C[C@](O)(C/C=C/C=C(\C)C2)NC(=O)O1.C[C@@H](C(=O)O)N(C)C(=O)c1ccc(N)c2cccnc12. The van der Waals surface area contributed by atoms with Crippen LogP contribution in [0.3, 0.4) is 0 Å². The number of alkyl halides is 1. The molecule has 0 spiro atoms. The Morgan fingerprint density at radius 2 is 1.93 bits per heavy atom. The molecule has 4 heterocycles. The van der Waals surface area contributed by atoms with Gasteiger partial charge in [-0.05, 0) is 68.7 Å². The van der Waals surface area contributed by atoms with Gasteiger partial charge in [-0.25, -0.2) is 9.59 Å². The lowest BCUT2D eigenvalue weighted by Crippen LogP contribution is -2.56. The maximum atomic E-state index is 12.9. The van der Waals surface area contributed by atoms with Gasteiger partial charge in [-0.3, -0.25) is 19.9 Å². The molecule has 0 radical (unpaired) electrons. The van der Waals surface area contributed by atoms with Gasteiger partial charge in [-0.2, -0.15) is 0 Å². The summed E-state index contributed by atoms with van der Waals surface area (Å²) >= 11 is 11.2. The van der Waals surface area contributed by atoms with Crippen LogP contribution in [0.2, 0.25) is 5.02 Å². The number of alkyl carbamates (subject to hydrolysis) is 1. The van der Waals surface area contributed by atoms with E-state index >= 15 is 0 Å². The molecule has 0 aliphatic carbocycles. The van der Waals surface area contributed by atoms with Crippen LogP contribution < -0.4 is 20.7 Å². The van der Waals surface area contributed by atoms with Crippen molar-refractivity contribution in [2.24, 2.45) is 0 Å². The van der Waals surface area contributed by atoms with E-state index in [4.69, 9.17) is 36.7 Å². The number of anilines is 2. The maximum Gasteiger partial charge on any atom is 0.409 e. The number of carbonyl (C=O) groups is 4. The average molecular weight is 815 g/mol. The molecule has 14 nitrogen and oxygen atoms in total. The number of benzene rings is 2. The standard InChI is InChI=1S/C25H31ClN2O6.C14H15N3O3.CH3Cl/c1-15-6-4-5-9-25(31)14-17(33-24(30)27-25)13-20-19(34-20)7-8-22(29)28(2)18-11-16(10-15)12-21(32-3)23(18)26;1-8(14(19)20)17(2)13(18)10-5-6-11(15)9-4-3-7-16-12(9)10;1-2/h4-6,11-12,17,19-20,31H,7-10,13-14H2,1-3H3,(H,27,30);3-8H,15H2,1-2H3,(H,19,20);1H3/b5-4+,15-6+;;/t17?,19?,20?,25-;8-;/m10./s1. The summed E-state index contributed by atoms with van der Waals surface area (Å²) < 4.78 is 16.5. The molecule has 3 aliphatic heterocycles. The number of carboxylic acids is 1. The molecule has 2 saturated heterocycles. The Balaban J connectivity index is 0.000000269. The number of pyridine rings is 1. The summed E-state index contributed by atoms with van der Waals surface area (Å²) in [5.41, 5.74) is 8.44. The number of nitrogens with zero attached hydrogens (tertiary/aromatic N) is 3. The second-order valence-electron chi connectivity index (χ2n) is 13.8. The topological polar surface area (TPSA) is 197 Å². The first-order valence-corrected chi connectivity index (χ1v) is 19.1. The molecule has 3 amide bonds. The number of aliphatic hydroxyl groups is 1. The number of nitrogens with one attached hydrogen (secondary N) is 1. The molecule has 5 N–H and O–H groups in total. The molecule has 3 aliphatic rings. The number of allylic oxidation sites excluding steroid dienone is 3. The first-order chi connectivity index (χ1) is 26.6. The summed E-state index contributed by atoms with van der Waals surface area (Å²) in [6.07, 6.45) is 9.90. The van der Waals surface area contributed by atoms with Gasteiger partial charge in [-0.1, -0.05) is 35.4 Å². The molecule has 3 aromatic rings. The van der Waals surface area contributed by atoms with Crippen molar-refractivity contribution in [2.45, 2.75) is 82.5 Å². The fraction of sp³-hybridized carbons (Fsp3) is 0.425. The number of rotatable bonds is 4. The number of aliphatic carboxylic acids is 1. The van der Waals surface area contributed by atoms with Crippen LogP contribution in [-0.4, -0.2) is 102 Å². The Kier molecular flexibility index (Phi) is 15.1. The van der Waals surface area contributed by atoms with Gasteiger partial charge < -0.3 is 40.0 Å². The molecule has 2 aromatic carbocycles. The fourth-order valence-corrected chi connectivity index (χ4v) is 6.79. The first-order valence-electron chi connectivity index (χ1n) is 17.9. The number of nitrogens with two attached hydrogens (primary N) is 1. The number of amides is 3. The van der Waals surface area contributed by atoms with Crippen molar-refractivity contribution in [2.75, 3.05) is 38.2 Å². The molecule has 3 unspecified atom stereocenters. The summed E-state index contributed by atoms with van der Waals surface area (Å²) in [7, 11) is 4.71. The lowest BCUT2D eigenvalue weighted by molar-refractivity contribution is -0.141. The minimum absolute atomic E-state index is 0.0777. The molecule has 5 atom stereocenters. The molecule has 1 aromatic heterocycles. The van der Waals surface area contributed by atoms with E-state index < -0.39 is 35.8 Å². The van der Waals surface area contributed by atoms with Crippen molar-refractivity contribution < 1.29 is 43.6 Å². The van der Waals surface area contributed by atoms with E-state index in [1.54, 1.807) is 49.5 Å². The largest absolute Gasteiger partial charge is 0.495 e. The van der Waals surface area contributed by atoms with Crippen molar-refractivity contribution >= 4 is 69.4 Å². The molecule has 302 valence electrons. The quantitative estimate of drug-likeness (QED) is 0.135. The maximum absolute atomic E-state index is 12.9. The summed E-state index contributed by atoms with van der Waals surface area (Å²) in [5, 5.41) is 23.5. The Morgan fingerprint density at radius 3 is 2.62 bits per heavy atom. The highest BCUT2D eigenvalue weighted by atomic mass is 35.5. The molecule has 0 saturated carbocycles. The Bertz CT molecular complexity index is 1990. The van der Waals surface area contributed by atoms with E-state index in [9.17, 15) is 24.3 Å². The number of carbonyl (C=O) groups excluding carboxylic acids is 3. The zero-order valence-electron chi connectivity index (χ0n) is 32.3. The predicted molar refractivity (Wildman–Crippen MR) is 215 cm³/mol. The van der Waals surface area contributed by atoms with Crippen LogP contribution in [0.25, 0.3) is 10.9 Å². The predicted octanol–water partition coefficient (Wildman–Crippen LogP) is 6.10. The van der Waals surface area contributed by atoms with E-state index in [0.717, 1.165) is 11.1 Å². The number of fused-ring (bicyclic) bond motifs is 6. The Hall–Kier alpha value is -4.89. The van der Waals surface area contributed by atoms with Gasteiger partial charge >= 0.3 is 12.1 Å². The third-order valence-corrected chi connectivity index (χ3v) is 10.2. The van der Waals surface area contributed by atoms with E-state index in [2.05, 4.69) is 21.9 Å². The summed E-state index contributed by atoms with van der Waals surface area (Å²) in [6, 6.07) is 9.56. The van der Waals surface area contributed by atoms with Crippen molar-refractivity contribution in [1.82, 2.24) is 15.2 Å². The third kappa shape index (κ3) is 10.9. The van der Waals surface area contributed by atoms with Crippen LogP contribution in [-0.2, 0) is 25.5 Å². The molecule has 4 bridgehead atoms. The number of hydrogen-bond donors (Lipinski definition) is 4. The highest BCUT2D eigenvalue weighted by Crippen LogP contribution is 2.38. The highest BCUT2D eigenvalue weighted by Gasteiger charge is 2.45. The Morgan fingerprint density at radius 1 is 1.20 bits per heavy atom. The third-order valence-electron chi connectivity index (χ3n) is 9.78. The first kappa shape index (κ1) is 43.8. The Labute approximate surface area is 336 Å². The lowest BCUT2D eigenvalue weighted by atomic mass is 9.96. The molecular weight excluding hydrogens is 765 g/mol. The number of halogens is 2. The van der Waals surface area contributed by atoms with E-state index in [1.807, 2.05) is 37.3 Å². The van der Waals surface area contributed by atoms with Crippen molar-refractivity contribution in [3.8, 4) is 5.75 Å². The van der Waals surface area contributed by atoms with Gasteiger partial charge in [0.05, 0.1) is 36.1 Å². The van der Waals surface area contributed by atoms with E-state index in [-0.39, 0.29) is 31.0 Å². The van der Waals surface area contributed by atoms with Gasteiger partial charge in [0.1, 0.15) is 28.6 Å². The minimum atomic E-state index is -1.37. The van der Waals surface area contributed by atoms with Crippen molar-refractivity contribution in [3.05, 3.63) is 82.5 Å². The number of likely N-dealkylation sites (N-methyl/N-ethyl adjacent to an activating group) is 1. The zero-order valence-corrected chi connectivity index (χ0v) is 33.8. The van der Waals surface area contributed by atoms with Crippen molar-refractivity contribution in [3.63, 3.8) is 0 Å². The summed E-state index contributed by atoms with van der Waals surface area (Å²) in [6.45, 7) is 3.45. The van der Waals surface area contributed by atoms with Gasteiger partial charge in [0.25, 0.3) is 5.91 Å². The lowest BCUT2D eigenvalue weighted by Gasteiger charge is -2.36. The molecular formula is C40H49Cl2N5O9. The zero-order chi connectivity index (χ0) is 41.3. The molecule has 2 fully saturated rings. The van der Waals surface area contributed by atoms with Crippen LogP contribution >= 0.6 is 23.2 Å². The van der Waals surface area contributed by atoms with E-state index in [0.29, 0.717) is 64.3 Å². The van der Waals surface area contributed by atoms with Gasteiger partial charge in [-0.15, -0.1) is 11.6 Å². The van der Waals surface area contributed by atoms with Crippen LogP contribution in [0.5, 0.6) is 5.75 Å². The van der Waals surface area contributed by atoms with Crippen LogP contribution in [0.15, 0.2) is 66.4 Å². The van der Waals surface area contributed by atoms with Gasteiger partial charge in [0.15, 0.2) is 0 Å². The second kappa shape index (κ2) is 19.3. The van der Waals surface area contributed by atoms with Crippen LogP contribution in [0.1, 0.15) is 61.9 Å². The number of ether oxygens (including phenoxy) is 3.